The van der Waals surface area contributed by atoms with Crippen molar-refractivity contribution in [3.05, 3.63) is 29.8 Å². The van der Waals surface area contributed by atoms with E-state index in [1.165, 1.54) is 5.56 Å². The van der Waals surface area contributed by atoms with E-state index >= 15 is 0 Å². The smallest absolute Gasteiger partial charge is 0.124 e. The Morgan fingerprint density at radius 3 is 2.90 bits per heavy atom. The van der Waals surface area contributed by atoms with Crippen molar-refractivity contribution in [3.8, 4) is 5.75 Å². The molecular weight excluding hydrogens is 248 g/mol. The minimum Gasteiger partial charge on any atom is -0.493 e. The molecule has 1 aromatic carbocycles. The highest BCUT2D eigenvalue weighted by Crippen LogP contribution is 2.38. The van der Waals surface area contributed by atoms with Crippen LogP contribution in [0.25, 0.3) is 0 Å². The Bertz CT molecular complexity index is 460. The minimum absolute atomic E-state index is 0.511. The predicted molar refractivity (Wildman–Crippen MR) is 82.1 cm³/mol. The molecule has 3 unspecified atom stereocenters. The van der Waals surface area contributed by atoms with Crippen LogP contribution in [0.5, 0.6) is 5.75 Å². The third-order valence-electron chi connectivity index (χ3n) is 4.68. The van der Waals surface area contributed by atoms with E-state index in [2.05, 4.69) is 55.3 Å². The normalized spacial score (nSPS) is 30.9. The molecule has 3 atom stereocenters. The van der Waals surface area contributed by atoms with Crippen LogP contribution in [0.3, 0.4) is 0 Å². The average molecular weight is 274 g/mol. The fourth-order valence-electron chi connectivity index (χ4n) is 3.60. The Morgan fingerprint density at radius 2 is 2.10 bits per heavy atom. The molecule has 3 rings (SSSR count). The number of nitrogens with one attached hydrogen (secondary N) is 1. The maximum atomic E-state index is 5.82. The van der Waals surface area contributed by atoms with Crippen LogP contribution in [0.4, 0.5) is 0 Å². The van der Waals surface area contributed by atoms with Crippen LogP contribution in [0, 0.1) is 5.92 Å². The Balaban J connectivity index is 1.90. The first-order valence-corrected chi connectivity index (χ1v) is 7.87. The summed E-state index contributed by atoms with van der Waals surface area (Å²) >= 11 is 0. The maximum Gasteiger partial charge on any atom is 0.124 e. The van der Waals surface area contributed by atoms with E-state index in [-0.39, 0.29) is 0 Å². The molecule has 0 aliphatic carbocycles. The Kier molecular flexibility index (Phi) is 3.99. The summed E-state index contributed by atoms with van der Waals surface area (Å²) in [6, 6.07) is 10.2. The SMILES string of the molecule is CC1CN(C2CCOc3ccccc32)C(C(C)C)CN1. The van der Waals surface area contributed by atoms with E-state index in [0.29, 0.717) is 24.0 Å². The molecule has 3 nitrogen and oxygen atoms in total. The lowest BCUT2D eigenvalue weighted by atomic mass is 9.91. The van der Waals surface area contributed by atoms with Gasteiger partial charge in [-0.25, -0.2) is 0 Å². The number of fused-ring (bicyclic) bond motifs is 1. The summed E-state index contributed by atoms with van der Waals surface area (Å²) in [5.41, 5.74) is 1.37. The van der Waals surface area contributed by atoms with Crippen LogP contribution in [0.15, 0.2) is 24.3 Å². The molecule has 1 fully saturated rings. The van der Waals surface area contributed by atoms with Crippen molar-refractivity contribution < 1.29 is 4.74 Å². The van der Waals surface area contributed by atoms with Crippen molar-refractivity contribution in [2.45, 2.75) is 45.3 Å². The molecule has 0 amide bonds. The van der Waals surface area contributed by atoms with Crippen LogP contribution in [-0.4, -0.2) is 36.7 Å². The van der Waals surface area contributed by atoms with Crippen molar-refractivity contribution in [2.24, 2.45) is 5.92 Å². The molecule has 0 spiro atoms. The fourth-order valence-corrected chi connectivity index (χ4v) is 3.60. The molecule has 0 bridgehead atoms. The molecule has 0 radical (unpaired) electrons. The Labute approximate surface area is 122 Å². The molecule has 2 aliphatic heterocycles. The summed E-state index contributed by atoms with van der Waals surface area (Å²) in [7, 11) is 0. The number of hydrogen-bond acceptors (Lipinski definition) is 3. The average Bonchev–Trinajstić information content (AvgIpc) is 2.46. The lowest BCUT2D eigenvalue weighted by molar-refractivity contribution is 0.0390. The van der Waals surface area contributed by atoms with Crippen molar-refractivity contribution in [2.75, 3.05) is 19.7 Å². The van der Waals surface area contributed by atoms with E-state index in [0.717, 1.165) is 31.9 Å². The zero-order valence-corrected chi connectivity index (χ0v) is 12.8. The van der Waals surface area contributed by atoms with Gasteiger partial charge in [0.25, 0.3) is 0 Å². The van der Waals surface area contributed by atoms with Crippen molar-refractivity contribution in [1.82, 2.24) is 10.2 Å². The first-order valence-electron chi connectivity index (χ1n) is 7.87. The number of rotatable bonds is 2. The molecule has 1 aromatic rings. The summed E-state index contributed by atoms with van der Waals surface area (Å²) in [6.45, 7) is 10.0. The summed E-state index contributed by atoms with van der Waals surface area (Å²) in [4.78, 5) is 2.72. The zero-order valence-electron chi connectivity index (χ0n) is 12.8. The van der Waals surface area contributed by atoms with Crippen LogP contribution < -0.4 is 10.1 Å². The van der Waals surface area contributed by atoms with Crippen LogP contribution in [0.1, 0.15) is 38.8 Å². The summed E-state index contributed by atoms with van der Waals surface area (Å²) in [5.74, 6) is 1.75. The van der Waals surface area contributed by atoms with Gasteiger partial charge in [0.05, 0.1) is 6.61 Å². The third kappa shape index (κ3) is 2.57. The zero-order chi connectivity index (χ0) is 14.1. The largest absolute Gasteiger partial charge is 0.493 e. The summed E-state index contributed by atoms with van der Waals surface area (Å²) < 4.78 is 5.82. The van der Waals surface area contributed by atoms with Crippen molar-refractivity contribution in [1.29, 1.82) is 0 Å². The number of para-hydroxylation sites is 1. The lowest BCUT2D eigenvalue weighted by Crippen LogP contribution is -2.58. The van der Waals surface area contributed by atoms with Gasteiger partial charge in [-0.3, -0.25) is 4.90 Å². The molecule has 2 aliphatic rings. The maximum absolute atomic E-state index is 5.82. The number of nitrogens with zero attached hydrogens (tertiary/aromatic N) is 1. The molecule has 0 aromatic heterocycles. The Hall–Kier alpha value is -1.06. The van der Waals surface area contributed by atoms with E-state index in [4.69, 9.17) is 4.74 Å². The molecule has 0 saturated carbocycles. The molecule has 20 heavy (non-hydrogen) atoms. The third-order valence-corrected chi connectivity index (χ3v) is 4.68. The highest BCUT2D eigenvalue weighted by atomic mass is 16.5. The number of hydrogen-bond donors (Lipinski definition) is 1. The molecular formula is C17H26N2O. The van der Waals surface area contributed by atoms with Gasteiger partial charge in [0, 0.05) is 43.2 Å². The standard InChI is InChI=1S/C17H26N2O/c1-12(2)16-10-18-13(3)11-19(16)15-8-9-20-17-7-5-4-6-14(15)17/h4-7,12-13,15-16,18H,8-11H2,1-3H3. The topological polar surface area (TPSA) is 24.5 Å². The molecule has 3 heteroatoms. The summed E-state index contributed by atoms with van der Waals surface area (Å²) in [6.07, 6.45) is 1.10. The monoisotopic (exact) mass is 274 g/mol. The van der Waals surface area contributed by atoms with Gasteiger partial charge in [-0.05, 0) is 18.9 Å². The van der Waals surface area contributed by atoms with E-state index in [1.54, 1.807) is 0 Å². The molecule has 110 valence electrons. The van der Waals surface area contributed by atoms with Gasteiger partial charge < -0.3 is 10.1 Å². The molecule has 1 saturated heterocycles. The van der Waals surface area contributed by atoms with E-state index in [9.17, 15) is 0 Å². The molecule has 2 heterocycles. The van der Waals surface area contributed by atoms with Crippen LogP contribution >= 0.6 is 0 Å². The van der Waals surface area contributed by atoms with E-state index < -0.39 is 0 Å². The van der Waals surface area contributed by atoms with Gasteiger partial charge in [-0.1, -0.05) is 32.0 Å². The second-order valence-corrected chi connectivity index (χ2v) is 6.51. The first kappa shape index (κ1) is 13.9. The quantitative estimate of drug-likeness (QED) is 0.897. The number of benzene rings is 1. The van der Waals surface area contributed by atoms with Crippen LogP contribution in [-0.2, 0) is 0 Å². The summed E-state index contributed by atoms with van der Waals surface area (Å²) in [5, 5.41) is 3.63. The highest BCUT2D eigenvalue weighted by Gasteiger charge is 2.36. The highest BCUT2D eigenvalue weighted by molar-refractivity contribution is 5.37. The minimum atomic E-state index is 0.511. The molecule has 1 N–H and O–H groups in total. The lowest BCUT2D eigenvalue weighted by Gasteiger charge is -2.47. The van der Waals surface area contributed by atoms with Gasteiger partial charge in [0.1, 0.15) is 5.75 Å². The number of piperazine rings is 1. The van der Waals surface area contributed by atoms with Gasteiger partial charge in [0.15, 0.2) is 0 Å². The van der Waals surface area contributed by atoms with Gasteiger partial charge >= 0.3 is 0 Å². The Morgan fingerprint density at radius 1 is 1.30 bits per heavy atom. The number of ether oxygens (including phenoxy) is 1. The second kappa shape index (κ2) is 5.74. The fraction of sp³-hybridized carbons (Fsp3) is 0.647. The first-order chi connectivity index (χ1) is 9.66. The predicted octanol–water partition coefficient (Wildman–Crippen LogP) is 2.83. The van der Waals surface area contributed by atoms with Gasteiger partial charge in [0.2, 0.25) is 0 Å². The van der Waals surface area contributed by atoms with Crippen LogP contribution in [0.2, 0.25) is 0 Å². The van der Waals surface area contributed by atoms with Crippen molar-refractivity contribution in [3.63, 3.8) is 0 Å². The van der Waals surface area contributed by atoms with Gasteiger partial charge in [-0.2, -0.15) is 0 Å². The van der Waals surface area contributed by atoms with E-state index in [1.807, 2.05) is 0 Å². The van der Waals surface area contributed by atoms with Gasteiger partial charge in [-0.15, -0.1) is 0 Å². The van der Waals surface area contributed by atoms with Crippen molar-refractivity contribution >= 4 is 0 Å². The second-order valence-electron chi connectivity index (χ2n) is 6.51.